The van der Waals surface area contributed by atoms with E-state index in [1.165, 1.54) is 11.3 Å². The first kappa shape index (κ1) is 16.2. The van der Waals surface area contributed by atoms with Gasteiger partial charge in [0.05, 0.1) is 12.2 Å². The van der Waals surface area contributed by atoms with Crippen molar-refractivity contribution in [1.29, 1.82) is 0 Å². The summed E-state index contributed by atoms with van der Waals surface area (Å²) >= 11 is 1.40. The van der Waals surface area contributed by atoms with Crippen molar-refractivity contribution in [3.8, 4) is 0 Å². The van der Waals surface area contributed by atoms with Gasteiger partial charge < -0.3 is 10.2 Å². The van der Waals surface area contributed by atoms with E-state index in [2.05, 4.69) is 32.7 Å². The maximum absolute atomic E-state index is 11.9. The fourth-order valence-corrected chi connectivity index (χ4v) is 2.58. The van der Waals surface area contributed by atoms with Gasteiger partial charge in [0.2, 0.25) is 5.13 Å². The third-order valence-electron chi connectivity index (χ3n) is 2.83. The van der Waals surface area contributed by atoms with E-state index in [1.807, 2.05) is 37.2 Å². The molecule has 2 aromatic heterocycles. The predicted octanol–water partition coefficient (Wildman–Crippen LogP) is 2.27. The molecule has 118 valence electrons. The highest BCUT2D eigenvalue weighted by Gasteiger charge is 2.08. The van der Waals surface area contributed by atoms with Crippen LogP contribution in [0.5, 0.6) is 0 Å². The summed E-state index contributed by atoms with van der Waals surface area (Å²) in [6.45, 7) is 2.43. The van der Waals surface area contributed by atoms with E-state index in [9.17, 15) is 4.79 Å². The van der Waals surface area contributed by atoms with Crippen LogP contribution in [0, 0.1) is 0 Å². The smallest absolute Gasteiger partial charge is 0.321 e. The van der Waals surface area contributed by atoms with E-state index in [4.69, 9.17) is 0 Å². The molecule has 2 rings (SSSR count). The van der Waals surface area contributed by atoms with Gasteiger partial charge in [0.1, 0.15) is 10.8 Å². The lowest BCUT2D eigenvalue weighted by Gasteiger charge is -2.12. The van der Waals surface area contributed by atoms with Gasteiger partial charge in [-0.05, 0) is 18.6 Å². The van der Waals surface area contributed by atoms with Gasteiger partial charge in [0.15, 0.2) is 0 Å². The highest BCUT2D eigenvalue weighted by atomic mass is 32.1. The number of anilines is 2. The van der Waals surface area contributed by atoms with E-state index in [0.29, 0.717) is 11.7 Å². The number of hydrogen-bond donors (Lipinski definition) is 2. The predicted molar refractivity (Wildman–Crippen MR) is 88.3 cm³/mol. The van der Waals surface area contributed by atoms with Gasteiger partial charge >= 0.3 is 6.03 Å². The molecular weight excluding hydrogens is 300 g/mol. The second-order valence-corrected chi connectivity index (χ2v) is 6.00. The van der Waals surface area contributed by atoms with Crippen LogP contribution >= 0.6 is 11.3 Å². The van der Waals surface area contributed by atoms with Crippen LogP contribution in [0.2, 0.25) is 0 Å². The number of aryl methyl sites for hydroxylation is 1. The van der Waals surface area contributed by atoms with Gasteiger partial charge in [-0.15, -0.1) is 10.2 Å². The average molecular weight is 320 g/mol. The monoisotopic (exact) mass is 320 g/mol. The van der Waals surface area contributed by atoms with Gasteiger partial charge in [0.25, 0.3) is 0 Å². The fraction of sp³-hybridized carbons (Fsp3) is 0.429. The summed E-state index contributed by atoms with van der Waals surface area (Å²) in [6, 6.07) is 5.40. The van der Waals surface area contributed by atoms with E-state index >= 15 is 0 Å². The molecule has 2 N–H and O–H groups in total. The fourth-order valence-electron chi connectivity index (χ4n) is 1.75. The Kier molecular flexibility index (Phi) is 5.65. The van der Waals surface area contributed by atoms with Gasteiger partial charge in [-0.3, -0.25) is 5.32 Å². The molecule has 7 nitrogen and oxygen atoms in total. The van der Waals surface area contributed by atoms with Crippen molar-refractivity contribution < 1.29 is 4.79 Å². The van der Waals surface area contributed by atoms with Crippen LogP contribution in [-0.2, 0) is 13.0 Å². The molecule has 8 heteroatoms. The van der Waals surface area contributed by atoms with E-state index < -0.39 is 0 Å². The molecule has 0 aliphatic rings. The summed E-state index contributed by atoms with van der Waals surface area (Å²) in [5.74, 6) is 0.855. The largest absolute Gasteiger partial charge is 0.363 e. The summed E-state index contributed by atoms with van der Waals surface area (Å²) in [5.41, 5.74) is 0.797. The average Bonchev–Trinajstić information content (AvgIpc) is 2.93. The SMILES string of the molecule is CCCc1nnc(NC(=O)NCc2cccc(N(C)C)n2)s1. The lowest BCUT2D eigenvalue weighted by atomic mass is 10.3. The van der Waals surface area contributed by atoms with Crippen molar-refractivity contribution in [2.24, 2.45) is 0 Å². The zero-order chi connectivity index (χ0) is 15.9. The Balaban J connectivity index is 1.85. The zero-order valence-electron chi connectivity index (χ0n) is 13.0. The second kappa shape index (κ2) is 7.69. The van der Waals surface area contributed by atoms with E-state index in [0.717, 1.165) is 29.4 Å². The van der Waals surface area contributed by atoms with Crippen molar-refractivity contribution in [3.05, 3.63) is 28.9 Å². The number of pyridine rings is 1. The van der Waals surface area contributed by atoms with Crippen LogP contribution in [0.3, 0.4) is 0 Å². The first-order valence-corrected chi connectivity index (χ1v) is 7.90. The highest BCUT2D eigenvalue weighted by molar-refractivity contribution is 7.15. The molecule has 0 aliphatic heterocycles. The van der Waals surface area contributed by atoms with Crippen molar-refractivity contribution in [2.75, 3.05) is 24.3 Å². The standard InChI is InChI=1S/C14H20N6OS/c1-4-6-12-18-19-14(22-12)17-13(21)15-9-10-7-5-8-11(16-10)20(2)3/h5,7-8H,4,6,9H2,1-3H3,(H2,15,17,19,21). The summed E-state index contributed by atoms with van der Waals surface area (Å²) in [4.78, 5) is 18.2. The molecule has 0 unspecified atom stereocenters. The van der Waals surface area contributed by atoms with Crippen LogP contribution in [-0.4, -0.2) is 35.3 Å². The maximum Gasteiger partial charge on any atom is 0.321 e. The molecule has 0 spiro atoms. The molecule has 0 fully saturated rings. The van der Waals surface area contributed by atoms with Crippen LogP contribution in [0.4, 0.5) is 15.7 Å². The Morgan fingerprint density at radius 1 is 1.32 bits per heavy atom. The number of amides is 2. The Morgan fingerprint density at radius 3 is 2.86 bits per heavy atom. The third kappa shape index (κ3) is 4.66. The first-order valence-electron chi connectivity index (χ1n) is 7.09. The summed E-state index contributed by atoms with van der Waals surface area (Å²) in [7, 11) is 3.85. The highest BCUT2D eigenvalue weighted by Crippen LogP contribution is 2.16. The molecule has 2 amide bonds. The van der Waals surface area contributed by atoms with Crippen molar-refractivity contribution in [1.82, 2.24) is 20.5 Å². The second-order valence-electron chi connectivity index (χ2n) is 4.94. The molecule has 0 saturated heterocycles. The third-order valence-corrected chi connectivity index (χ3v) is 3.73. The minimum atomic E-state index is -0.309. The van der Waals surface area contributed by atoms with Gasteiger partial charge in [0, 0.05) is 20.5 Å². The molecule has 2 heterocycles. The summed E-state index contributed by atoms with van der Waals surface area (Å²) < 4.78 is 0. The number of carbonyl (C=O) groups excluding carboxylic acids is 1. The van der Waals surface area contributed by atoms with Crippen molar-refractivity contribution >= 4 is 28.3 Å². The number of hydrogen-bond acceptors (Lipinski definition) is 6. The minimum Gasteiger partial charge on any atom is -0.363 e. The summed E-state index contributed by atoms with van der Waals surface area (Å²) in [5, 5.41) is 14.8. The van der Waals surface area contributed by atoms with Crippen LogP contribution in [0.1, 0.15) is 24.0 Å². The number of urea groups is 1. The zero-order valence-corrected chi connectivity index (χ0v) is 13.8. The molecule has 22 heavy (non-hydrogen) atoms. The Morgan fingerprint density at radius 2 is 2.14 bits per heavy atom. The first-order chi connectivity index (χ1) is 10.6. The van der Waals surface area contributed by atoms with E-state index in [-0.39, 0.29) is 6.03 Å². The Bertz CT molecular complexity index is 627. The Labute approximate surface area is 133 Å². The molecule has 0 aliphatic carbocycles. The van der Waals surface area contributed by atoms with Crippen LogP contribution < -0.4 is 15.5 Å². The number of nitrogens with one attached hydrogen (secondary N) is 2. The maximum atomic E-state index is 11.9. The van der Waals surface area contributed by atoms with Gasteiger partial charge in [-0.1, -0.05) is 24.3 Å². The van der Waals surface area contributed by atoms with Gasteiger partial charge in [-0.25, -0.2) is 9.78 Å². The Hall–Kier alpha value is -2.22. The van der Waals surface area contributed by atoms with Crippen molar-refractivity contribution in [2.45, 2.75) is 26.3 Å². The number of rotatable bonds is 6. The molecular formula is C14H20N6OS. The van der Waals surface area contributed by atoms with Crippen LogP contribution in [0.25, 0.3) is 0 Å². The minimum absolute atomic E-state index is 0.309. The van der Waals surface area contributed by atoms with E-state index in [1.54, 1.807) is 0 Å². The van der Waals surface area contributed by atoms with Crippen LogP contribution in [0.15, 0.2) is 18.2 Å². The summed E-state index contributed by atoms with van der Waals surface area (Å²) in [6.07, 6.45) is 1.89. The molecule has 0 saturated carbocycles. The molecule has 0 bridgehead atoms. The van der Waals surface area contributed by atoms with Crippen molar-refractivity contribution in [3.63, 3.8) is 0 Å². The lowest BCUT2D eigenvalue weighted by molar-refractivity contribution is 0.251. The quantitative estimate of drug-likeness (QED) is 0.853. The molecule has 0 atom stereocenters. The molecule has 0 radical (unpaired) electrons. The number of aromatic nitrogens is 3. The number of carbonyl (C=O) groups is 1. The topological polar surface area (TPSA) is 83.0 Å². The lowest BCUT2D eigenvalue weighted by Crippen LogP contribution is -2.28. The molecule has 2 aromatic rings. The molecule has 0 aromatic carbocycles. The van der Waals surface area contributed by atoms with Gasteiger partial charge in [-0.2, -0.15) is 0 Å². The normalized spacial score (nSPS) is 10.3. The number of nitrogens with zero attached hydrogens (tertiary/aromatic N) is 4.